The van der Waals surface area contributed by atoms with Crippen LogP contribution >= 0.6 is 0 Å². The van der Waals surface area contributed by atoms with Crippen molar-refractivity contribution in [2.45, 2.75) is 55.0 Å². The van der Waals surface area contributed by atoms with E-state index < -0.39 is 50.8 Å². The van der Waals surface area contributed by atoms with Crippen molar-refractivity contribution >= 4 is 21.9 Å². The minimum atomic E-state index is -4.40. The van der Waals surface area contributed by atoms with Gasteiger partial charge < -0.3 is 10.1 Å². The van der Waals surface area contributed by atoms with Gasteiger partial charge in [0.1, 0.15) is 22.3 Å². The van der Waals surface area contributed by atoms with E-state index in [1.165, 1.54) is 12.1 Å². The highest BCUT2D eigenvalue weighted by atomic mass is 32.2. The van der Waals surface area contributed by atoms with Crippen LogP contribution in [0.4, 0.5) is 4.39 Å². The summed E-state index contributed by atoms with van der Waals surface area (Å²) in [5, 5.41) is 12.1. The fraction of sp³-hybridized carbons (Fsp3) is 0.375. The van der Waals surface area contributed by atoms with Crippen LogP contribution in [0, 0.1) is 17.1 Å². The largest absolute Gasteiger partial charge is 0.454 e. The second-order valence-corrected chi connectivity index (χ2v) is 9.89. The average molecular weight is 488 g/mol. The third kappa shape index (κ3) is 6.62. The van der Waals surface area contributed by atoms with E-state index in [1.54, 1.807) is 30.3 Å². The van der Waals surface area contributed by atoms with Gasteiger partial charge in [-0.05, 0) is 37.0 Å². The highest BCUT2D eigenvalue weighted by molar-refractivity contribution is 7.89. The van der Waals surface area contributed by atoms with Gasteiger partial charge in [-0.3, -0.25) is 9.59 Å². The summed E-state index contributed by atoms with van der Waals surface area (Å²) < 4.78 is 46.9. The monoisotopic (exact) mass is 487 g/mol. The molecule has 1 aliphatic carbocycles. The van der Waals surface area contributed by atoms with E-state index in [-0.39, 0.29) is 6.42 Å². The second kappa shape index (κ2) is 11.2. The number of sulfonamides is 1. The number of nitrogens with zero attached hydrogens (tertiary/aromatic N) is 1. The molecule has 0 heterocycles. The smallest absolute Gasteiger partial charge is 0.325 e. The number of ether oxygens (including phenoxy) is 1. The first kappa shape index (κ1) is 25.3. The van der Waals surface area contributed by atoms with Gasteiger partial charge in [-0.2, -0.15) is 9.98 Å². The van der Waals surface area contributed by atoms with Crippen LogP contribution in [0.15, 0.2) is 59.5 Å². The lowest BCUT2D eigenvalue weighted by Crippen LogP contribution is -2.50. The van der Waals surface area contributed by atoms with Crippen molar-refractivity contribution in [3.05, 3.63) is 66.0 Å². The van der Waals surface area contributed by atoms with Crippen molar-refractivity contribution in [1.82, 2.24) is 10.0 Å². The number of amides is 1. The van der Waals surface area contributed by atoms with E-state index in [2.05, 4.69) is 16.1 Å². The number of nitrogens with one attached hydrogen (secondary N) is 2. The molecule has 2 N–H and O–H groups in total. The van der Waals surface area contributed by atoms with Crippen molar-refractivity contribution in [3.63, 3.8) is 0 Å². The van der Waals surface area contributed by atoms with Gasteiger partial charge in [-0.25, -0.2) is 12.8 Å². The summed E-state index contributed by atoms with van der Waals surface area (Å²) in [4.78, 5) is 24.6. The van der Waals surface area contributed by atoms with Crippen LogP contribution in [0.3, 0.4) is 0 Å². The van der Waals surface area contributed by atoms with Gasteiger partial charge in [0, 0.05) is 0 Å². The first-order valence-electron chi connectivity index (χ1n) is 10.9. The lowest BCUT2D eigenvalue weighted by molar-refractivity contribution is -0.150. The highest BCUT2D eigenvalue weighted by Crippen LogP contribution is 2.27. The maximum absolute atomic E-state index is 14.1. The molecular weight excluding hydrogens is 461 g/mol. The third-order valence-electron chi connectivity index (χ3n) is 5.64. The summed E-state index contributed by atoms with van der Waals surface area (Å²) in [5.41, 5.74) is -0.354. The first-order chi connectivity index (χ1) is 16.2. The minimum Gasteiger partial charge on any atom is -0.454 e. The van der Waals surface area contributed by atoms with Crippen LogP contribution in [-0.4, -0.2) is 38.5 Å². The molecule has 1 amide bonds. The van der Waals surface area contributed by atoms with Crippen molar-refractivity contribution in [2.24, 2.45) is 0 Å². The first-order valence-corrected chi connectivity index (χ1v) is 12.4. The number of nitriles is 1. The predicted molar refractivity (Wildman–Crippen MR) is 121 cm³/mol. The van der Waals surface area contributed by atoms with Gasteiger partial charge in [0.15, 0.2) is 6.61 Å². The van der Waals surface area contributed by atoms with Crippen LogP contribution in [-0.2, 0) is 30.8 Å². The Kier molecular flexibility index (Phi) is 8.36. The molecule has 8 nitrogen and oxygen atoms in total. The molecule has 2 aromatic rings. The number of carbonyl (C=O) groups excluding carboxylic acids is 2. The Balaban J connectivity index is 1.71. The van der Waals surface area contributed by atoms with E-state index in [0.717, 1.165) is 31.4 Å². The molecule has 2 aromatic carbocycles. The number of hydrogen-bond acceptors (Lipinski definition) is 6. The molecule has 1 atom stereocenters. The molecule has 0 aliphatic heterocycles. The van der Waals surface area contributed by atoms with Crippen molar-refractivity contribution in [3.8, 4) is 6.07 Å². The van der Waals surface area contributed by atoms with Crippen molar-refractivity contribution in [2.75, 3.05) is 6.61 Å². The Bertz CT molecular complexity index is 1160. The molecule has 180 valence electrons. The lowest BCUT2D eigenvalue weighted by Gasteiger charge is -2.31. The molecule has 0 saturated heterocycles. The van der Waals surface area contributed by atoms with Gasteiger partial charge in [-0.1, -0.05) is 61.7 Å². The molecule has 1 aliphatic rings. The molecule has 10 heteroatoms. The van der Waals surface area contributed by atoms with Gasteiger partial charge >= 0.3 is 5.97 Å². The Hall–Kier alpha value is -3.29. The van der Waals surface area contributed by atoms with Crippen LogP contribution in [0.25, 0.3) is 0 Å². The molecule has 34 heavy (non-hydrogen) atoms. The Labute approximate surface area is 198 Å². The Morgan fingerprint density at radius 3 is 2.35 bits per heavy atom. The lowest BCUT2D eigenvalue weighted by atomic mass is 9.83. The standard InChI is InChI=1S/C24H26FN3O5S/c25-19-11-5-6-12-21(19)34(31,32)28-20(15-18-9-3-1-4-10-18)23(30)33-16-22(29)27-24(17-26)13-7-2-8-14-24/h1,3-6,9-12,20,28H,2,7-8,13-16H2,(H,27,29). The van der Waals surface area contributed by atoms with Gasteiger partial charge in [0.05, 0.1) is 6.07 Å². The summed E-state index contributed by atoms with van der Waals surface area (Å²) in [6.45, 7) is -0.672. The number of rotatable bonds is 9. The van der Waals surface area contributed by atoms with Crippen LogP contribution in [0.1, 0.15) is 37.7 Å². The fourth-order valence-corrected chi connectivity index (χ4v) is 5.16. The van der Waals surface area contributed by atoms with Crippen molar-refractivity contribution < 1.29 is 27.1 Å². The van der Waals surface area contributed by atoms with Crippen molar-refractivity contribution in [1.29, 1.82) is 5.26 Å². The third-order valence-corrected chi connectivity index (χ3v) is 7.14. The van der Waals surface area contributed by atoms with Gasteiger partial charge in [0.25, 0.3) is 5.91 Å². The summed E-state index contributed by atoms with van der Waals surface area (Å²) in [6, 6.07) is 14.2. The van der Waals surface area contributed by atoms with Gasteiger partial charge in [0.2, 0.25) is 10.0 Å². The van der Waals surface area contributed by atoms with E-state index in [1.807, 2.05) is 0 Å². The summed E-state index contributed by atoms with van der Waals surface area (Å²) in [7, 11) is -4.40. The Morgan fingerprint density at radius 1 is 1.06 bits per heavy atom. The zero-order valence-corrected chi connectivity index (χ0v) is 19.3. The predicted octanol–water partition coefficient (Wildman–Crippen LogP) is 2.60. The highest BCUT2D eigenvalue weighted by Gasteiger charge is 2.34. The van der Waals surface area contributed by atoms with E-state index in [4.69, 9.17) is 4.74 Å². The zero-order valence-electron chi connectivity index (χ0n) is 18.5. The number of halogens is 1. The normalized spacial score (nSPS) is 16.1. The van der Waals surface area contributed by atoms with Gasteiger partial charge in [-0.15, -0.1) is 0 Å². The average Bonchev–Trinajstić information content (AvgIpc) is 2.83. The van der Waals surface area contributed by atoms with Crippen LogP contribution < -0.4 is 10.0 Å². The quantitative estimate of drug-likeness (QED) is 0.524. The minimum absolute atomic E-state index is 0.0723. The zero-order chi connectivity index (χ0) is 24.6. The van der Waals surface area contributed by atoms with Crippen LogP contribution in [0.2, 0.25) is 0 Å². The number of benzene rings is 2. The second-order valence-electron chi connectivity index (χ2n) is 8.20. The topological polar surface area (TPSA) is 125 Å². The summed E-state index contributed by atoms with van der Waals surface area (Å²) in [5.74, 6) is -2.60. The summed E-state index contributed by atoms with van der Waals surface area (Å²) in [6.07, 6.45) is 3.56. The molecule has 1 unspecified atom stereocenters. The molecule has 1 saturated carbocycles. The number of carbonyl (C=O) groups is 2. The maximum Gasteiger partial charge on any atom is 0.325 e. The molecule has 1 fully saturated rings. The van der Waals surface area contributed by atoms with E-state index in [0.29, 0.717) is 18.4 Å². The Morgan fingerprint density at radius 2 is 1.71 bits per heavy atom. The number of hydrogen-bond donors (Lipinski definition) is 2. The SMILES string of the molecule is N#CC1(NC(=O)COC(=O)C(Cc2ccccc2)NS(=O)(=O)c2ccccc2F)CCCCC1. The fourth-order valence-electron chi connectivity index (χ4n) is 3.90. The van der Waals surface area contributed by atoms with E-state index in [9.17, 15) is 27.7 Å². The molecular formula is C24H26FN3O5S. The summed E-state index contributed by atoms with van der Waals surface area (Å²) >= 11 is 0. The molecule has 0 radical (unpaired) electrons. The maximum atomic E-state index is 14.1. The van der Waals surface area contributed by atoms with E-state index >= 15 is 0 Å². The molecule has 3 rings (SSSR count). The molecule has 0 spiro atoms. The molecule has 0 aromatic heterocycles. The van der Waals surface area contributed by atoms with Crippen LogP contribution in [0.5, 0.6) is 0 Å². The molecule has 0 bridgehead atoms. The number of esters is 1.